The van der Waals surface area contributed by atoms with E-state index in [1.54, 1.807) is 26.4 Å². The van der Waals surface area contributed by atoms with Crippen LogP contribution in [0.25, 0.3) is 0 Å². The van der Waals surface area contributed by atoms with Crippen molar-refractivity contribution in [2.45, 2.75) is 5.92 Å². The Labute approximate surface area is 133 Å². The van der Waals surface area contributed by atoms with Crippen LogP contribution in [0.4, 0.5) is 0 Å². The number of phenols is 1. The third-order valence-electron chi connectivity index (χ3n) is 3.87. The van der Waals surface area contributed by atoms with Gasteiger partial charge in [-0.3, -0.25) is 0 Å². The first kappa shape index (κ1) is 14.9. The lowest BCUT2D eigenvalue weighted by atomic mass is 9.86. The van der Waals surface area contributed by atoms with E-state index >= 15 is 0 Å². The van der Waals surface area contributed by atoms with Crippen LogP contribution in [0.15, 0.2) is 48.0 Å². The molecule has 120 valence electrons. The lowest BCUT2D eigenvalue weighted by molar-refractivity contribution is 0.376. The van der Waals surface area contributed by atoms with E-state index in [-0.39, 0.29) is 17.6 Å². The molecule has 2 aromatic carbocycles. The van der Waals surface area contributed by atoms with E-state index in [0.717, 1.165) is 11.1 Å². The largest absolute Gasteiger partial charge is 0.508 e. The number of benzene rings is 2. The van der Waals surface area contributed by atoms with Gasteiger partial charge >= 0.3 is 0 Å². The normalized spacial score (nSPS) is 16.5. The molecule has 1 atom stereocenters. The lowest BCUT2D eigenvalue weighted by Crippen LogP contribution is -2.26. The summed E-state index contributed by atoms with van der Waals surface area (Å²) in [5.41, 5.74) is 14.1. The maximum absolute atomic E-state index is 9.67. The summed E-state index contributed by atoms with van der Waals surface area (Å²) in [6.07, 6.45) is 0. The highest BCUT2D eigenvalue weighted by atomic mass is 16.5. The first-order valence-corrected chi connectivity index (χ1v) is 7.03. The van der Waals surface area contributed by atoms with Crippen molar-refractivity contribution in [2.24, 2.45) is 11.5 Å². The van der Waals surface area contributed by atoms with Gasteiger partial charge in [0, 0.05) is 17.2 Å². The number of aromatic hydroxyl groups is 1. The Hall–Kier alpha value is -3.02. The van der Waals surface area contributed by atoms with Crippen molar-refractivity contribution in [3.05, 3.63) is 59.1 Å². The summed E-state index contributed by atoms with van der Waals surface area (Å²) in [5, 5.41) is 9.67. The van der Waals surface area contributed by atoms with Crippen LogP contribution in [-0.2, 0) is 0 Å². The maximum Gasteiger partial charge on any atom is 0.210 e. The van der Waals surface area contributed by atoms with Crippen LogP contribution in [0, 0.1) is 0 Å². The Bertz CT molecular complexity index is 786. The predicted octanol–water partition coefficient (Wildman–Crippen LogP) is 2.02. The average Bonchev–Trinajstić information content (AvgIpc) is 2.55. The number of ether oxygens (including phenoxy) is 3. The highest BCUT2D eigenvalue weighted by Crippen LogP contribution is 2.45. The second-order valence-electron chi connectivity index (χ2n) is 5.18. The molecule has 0 saturated heterocycles. The summed E-state index contributed by atoms with van der Waals surface area (Å²) in [4.78, 5) is 0. The molecule has 0 aliphatic carbocycles. The van der Waals surface area contributed by atoms with Gasteiger partial charge < -0.3 is 30.8 Å². The van der Waals surface area contributed by atoms with Gasteiger partial charge in [0.05, 0.1) is 25.8 Å². The van der Waals surface area contributed by atoms with Crippen molar-refractivity contribution < 1.29 is 19.3 Å². The summed E-state index contributed by atoms with van der Waals surface area (Å²) < 4.78 is 16.3. The highest BCUT2D eigenvalue weighted by Gasteiger charge is 2.31. The van der Waals surface area contributed by atoms with Gasteiger partial charge in [0.1, 0.15) is 23.0 Å². The highest BCUT2D eigenvalue weighted by molar-refractivity contribution is 5.57. The Morgan fingerprint density at radius 1 is 1.00 bits per heavy atom. The van der Waals surface area contributed by atoms with E-state index in [0.29, 0.717) is 22.9 Å². The monoisotopic (exact) mass is 314 g/mol. The molecule has 0 saturated carbocycles. The Balaban J connectivity index is 2.23. The summed E-state index contributed by atoms with van der Waals surface area (Å²) >= 11 is 0. The second kappa shape index (κ2) is 5.64. The van der Waals surface area contributed by atoms with Crippen molar-refractivity contribution in [3.8, 4) is 23.0 Å². The van der Waals surface area contributed by atoms with Gasteiger partial charge in [0.15, 0.2) is 0 Å². The minimum atomic E-state index is -0.357. The van der Waals surface area contributed by atoms with Crippen LogP contribution in [0.2, 0.25) is 0 Å². The number of phenolic OH excluding ortho intramolecular Hbond substituents is 1. The molecular weight excluding hydrogens is 296 g/mol. The quantitative estimate of drug-likeness (QED) is 0.801. The van der Waals surface area contributed by atoms with Gasteiger partial charge in [-0.2, -0.15) is 0 Å². The van der Waals surface area contributed by atoms with Crippen molar-refractivity contribution in [1.82, 2.24) is 0 Å². The number of fused-ring (bicyclic) bond motifs is 1. The van der Waals surface area contributed by atoms with E-state index in [1.165, 1.54) is 6.07 Å². The Morgan fingerprint density at radius 3 is 2.48 bits per heavy atom. The Kier molecular flexibility index (Phi) is 3.65. The SMILES string of the molecule is COc1ccc(OC)c(C2C(N)=C(N)Oc3cc(O)ccc32)c1. The molecule has 6 nitrogen and oxygen atoms in total. The van der Waals surface area contributed by atoms with E-state index in [4.69, 9.17) is 25.7 Å². The molecular formula is C17H18N2O4. The van der Waals surface area contributed by atoms with Crippen molar-refractivity contribution in [3.63, 3.8) is 0 Å². The van der Waals surface area contributed by atoms with Gasteiger partial charge in [-0.05, 0) is 24.3 Å². The zero-order valence-corrected chi connectivity index (χ0v) is 12.9. The number of hydrogen-bond acceptors (Lipinski definition) is 6. The molecule has 3 rings (SSSR count). The molecule has 0 bridgehead atoms. The van der Waals surface area contributed by atoms with Gasteiger partial charge in [-0.25, -0.2) is 0 Å². The topological polar surface area (TPSA) is 100.0 Å². The fraction of sp³-hybridized carbons (Fsp3) is 0.176. The molecule has 5 N–H and O–H groups in total. The predicted molar refractivity (Wildman–Crippen MR) is 85.5 cm³/mol. The first-order valence-electron chi connectivity index (χ1n) is 7.03. The van der Waals surface area contributed by atoms with Gasteiger partial charge in [0.25, 0.3) is 0 Å². The van der Waals surface area contributed by atoms with Crippen LogP contribution >= 0.6 is 0 Å². The smallest absolute Gasteiger partial charge is 0.210 e. The van der Waals surface area contributed by atoms with Crippen molar-refractivity contribution >= 4 is 0 Å². The van der Waals surface area contributed by atoms with E-state index in [9.17, 15) is 5.11 Å². The van der Waals surface area contributed by atoms with E-state index in [1.807, 2.05) is 18.2 Å². The molecule has 1 heterocycles. The number of nitrogens with two attached hydrogens (primary N) is 2. The molecule has 0 amide bonds. The van der Waals surface area contributed by atoms with Gasteiger partial charge in [-0.15, -0.1) is 0 Å². The third-order valence-corrected chi connectivity index (χ3v) is 3.87. The zero-order valence-electron chi connectivity index (χ0n) is 12.9. The second-order valence-corrected chi connectivity index (χ2v) is 5.18. The van der Waals surface area contributed by atoms with Crippen LogP contribution < -0.4 is 25.7 Å². The molecule has 0 spiro atoms. The van der Waals surface area contributed by atoms with Crippen molar-refractivity contribution in [1.29, 1.82) is 0 Å². The summed E-state index contributed by atoms with van der Waals surface area (Å²) in [7, 11) is 3.18. The average molecular weight is 314 g/mol. The maximum atomic E-state index is 9.67. The fourth-order valence-corrected chi connectivity index (χ4v) is 2.74. The summed E-state index contributed by atoms with van der Waals surface area (Å²) in [5.74, 6) is 1.65. The minimum Gasteiger partial charge on any atom is -0.508 e. The zero-order chi connectivity index (χ0) is 16.6. The summed E-state index contributed by atoms with van der Waals surface area (Å²) in [6, 6.07) is 10.3. The minimum absolute atomic E-state index is 0.0911. The molecule has 0 aromatic heterocycles. The Morgan fingerprint density at radius 2 is 1.78 bits per heavy atom. The molecule has 0 fully saturated rings. The molecule has 2 aromatic rings. The molecule has 6 heteroatoms. The first-order chi connectivity index (χ1) is 11.0. The standard InChI is InChI=1S/C17H18N2O4/c1-21-10-4-6-13(22-2)12(8-10)15-11-5-3-9(20)7-14(11)23-17(19)16(15)18/h3-8,15,20H,18-19H2,1-2H3. The fourth-order valence-electron chi connectivity index (χ4n) is 2.74. The van der Waals surface area contributed by atoms with Crippen molar-refractivity contribution in [2.75, 3.05) is 14.2 Å². The molecule has 23 heavy (non-hydrogen) atoms. The van der Waals surface area contributed by atoms with Crippen LogP contribution in [0.3, 0.4) is 0 Å². The summed E-state index contributed by atoms with van der Waals surface area (Å²) in [6.45, 7) is 0. The van der Waals surface area contributed by atoms with E-state index in [2.05, 4.69) is 0 Å². The third kappa shape index (κ3) is 2.48. The van der Waals surface area contributed by atoms with Crippen LogP contribution in [0.1, 0.15) is 17.0 Å². The molecule has 1 aliphatic rings. The van der Waals surface area contributed by atoms with E-state index < -0.39 is 0 Å². The van der Waals surface area contributed by atoms with Gasteiger partial charge in [0.2, 0.25) is 5.88 Å². The van der Waals surface area contributed by atoms with Crippen LogP contribution in [-0.4, -0.2) is 19.3 Å². The lowest BCUT2D eigenvalue weighted by Gasteiger charge is -2.28. The number of hydrogen-bond donors (Lipinski definition) is 3. The number of allylic oxidation sites excluding steroid dienone is 1. The molecule has 1 unspecified atom stereocenters. The number of methoxy groups -OCH3 is 2. The van der Waals surface area contributed by atoms with Gasteiger partial charge in [-0.1, -0.05) is 6.07 Å². The number of rotatable bonds is 3. The molecule has 0 radical (unpaired) electrons. The van der Waals surface area contributed by atoms with Crippen LogP contribution in [0.5, 0.6) is 23.0 Å². The molecule has 1 aliphatic heterocycles.